The van der Waals surface area contributed by atoms with E-state index in [1.165, 1.54) is 0 Å². The van der Waals surface area contributed by atoms with Gasteiger partial charge in [-0.3, -0.25) is 0 Å². The highest BCUT2D eigenvalue weighted by atomic mass is 16.5. The number of anilines is 1. The van der Waals surface area contributed by atoms with Crippen LogP contribution >= 0.6 is 0 Å². The van der Waals surface area contributed by atoms with Gasteiger partial charge in [0.25, 0.3) is 0 Å². The number of hydrogen-bond donors (Lipinski definition) is 1. The van der Waals surface area contributed by atoms with E-state index in [9.17, 15) is 0 Å². The molecule has 0 saturated heterocycles. The third-order valence-corrected chi connectivity index (χ3v) is 2.29. The van der Waals surface area contributed by atoms with Crippen molar-refractivity contribution in [3.8, 4) is 11.6 Å². The Balaban J connectivity index is 2.21. The number of aromatic nitrogens is 1. The number of hydrogen-bond acceptors (Lipinski definition) is 4. The van der Waals surface area contributed by atoms with Crippen LogP contribution in [0.4, 0.5) is 5.69 Å². The van der Waals surface area contributed by atoms with E-state index in [4.69, 9.17) is 9.47 Å². The lowest BCUT2D eigenvalue weighted by atomic mass is 10.3. The van der Waals surface area contributed by atoms with Gasteiger partial charge < -0.3 is 14.8 Å². The average molecular weight is 222 g/mol. The van der Waals surface area contributed by atoms with Crippen LogP contribution in [-0.4, -0.2) is 24.2 Å². The molecule has 1 fully saturated rings. The fourth-order valence-corrected chi connectivity index (χ4v) is 1.43. The molecule has 0 bridgehead atoms. The van der Waals surface area contributed by atoms with E-state index in [1.807, 2.05) is 27.0 Å². The highest BCUT2D eigenvalue weighted by Crippen LogP contribution is 2.36. The van der Waals surface area contributed by atoms with E-state index in [-0.39, 0.29) is 6.10 Å². The molecule has 1 aliphatic carbocycles. The molecule has 0 spiro atoms. The average Bonchev–Trinajstić information content (AvgIpc) is 3.01. The fourth-order valence-electron chi connectivity index (χ4n) is 1.43. The Hall–Kier alpha value is -1.45. The van der Waals surface area contributed by atoms with Crippen molar-refractivity contribution in [3.05, 3.63) is 12.3 Å². The molecule has 1 aromatic rings. The van der Waals surface area contributed by atoms with Gasteiger partial charge in [0.15, 0.2) is 0 Å². The molecule has 4 nitrogen and oxygen atoms in total. The van der Waals surface area contributed by atoms with E-state index in [0.29, 0.717) is 12.0 Å². The molecular weight excluding hydrogens is 204 g/mol. The molecule has 0 unspecified atom stereocenters. The Labute approximate surface area is 96.0 Å². The maximum absolute atomic E-state index is 5.79. The number of rotatable bonds is 5. The lowest BCUT2D eigenvalue weighted by molar-refractivity contribution is 0.231. The molecule has 88 valence electrons. The van der Waals surface area contributed by atoms with E-state index in [2.05, 4.69) is 10.3 Å². The molecule has 0 aliphatic heterocycles. The van der Waals surface area contributed by atoms with Crippen molar-refractivity contribution in [1.82, 2.24) is 4.98 Å². The Morgan fingerprint density at radius 2 is 2.19 bits per heavy atom. The van der Waals surface area contributed by atoms with E-state index in [0.717, 1.165) is 24.3 Å². The number of pyridine rings is 1. The summed E-state index contributed by atoms with van der Waals surface area (Å²) in [6, 6.07) is 1.87. The summed E-state index contributed by atoms with van der Waals surface area (Å²) >= 11 is 0. The van der Waals surface area contributed by atoms with E-state index in [1.54, 1.807) is 6.20 Å². The first-order valence-corrected chi connectivity index (χ1v) is 5.70. The van der Waals surface area contributed by atoms with Gasteiger partial charge in [-0.25, -0.2) is 4.98 Å². The normalized spacial score (nSPS) is 15.0. The van der Waals surface area contributed by atoms with Crippen LogP contribution in [0.2, 0.25) is 0 Å². The number of nitrogens with one attached hydrogen (secondary N) is 1. The summed E-state index contributed by atoms with van der Waals surface area (Å²) in [5.41, 5.74) is 0.836. The molecule has 1 aromatic heterocycles. The van der Waals surface area contributed by atoms with Crippen LogP contribution in [0.5, 0.6) is 11.6 Å². The van der Waals surface area contributed by atoms with Crippen molar-refractivity contribution in [1.29, 1.82) is 0 Å². The van der Waals surface area contributed by atoms with Crippen LogP contribution in [0, 0.1) is 0 Å². The van der Waals surface area contributed by atoms with Gasteiger partial charge in [0.2, 0.25) is 5.88 Å². The summed E-state index contributed by atoms with van der Waals surface area (Å²) in [4.78, 5) is 4.21. The van der Waals surface area contributed by atoms with Gasteiger partial charge in [0, 0.05) is 19.3 Å². The van der Waals surface area contributed by atoms with Crippen LogP contribution in [0.1, 0.15) is 26.7 Å². The quantitative estimate of drug-likeness (QED) is 0.831. The molecule has 4 heteroatoms. The predicted molar refractivity (Wildman–Crippen MR) is 63.2 cm³/mol. The zero-order valence-electron chi connectivity index (χ0n) is 9.99. The standard InChI is InChI=1S/C12H18N2O2/c1-8(2)15-12-11(13-3)10(6-7-14-12)16-9-4-5-9/h6-9,13H,4-5H2,1-3H3. The maximum atomic E-state index is 5.79. The largest absolute Gasteiger partial charge is 0.488 e. The summed E-state index contributed by atoms with van der Waals surface area (Å²) in [6.07, 6.45) is 4.49. The first-order chi connectivity index (χ1) is 7.70. The van der Waals surface area contributed by atoms with Gasteiger partial charge in [-0.2, -0.15) is 0 Å². The molecule has 0 atom stereocenters. The van der Waals surface area contributed by atoms with Gasteiger partial charge in [-0.15, -0.1) is 0 Å². The Morgan fingerprint density at radius 1 is 1.44 bits per heavy atom. The number of nitrogens with zero attached hydrogens (tertiary/aromatic N) is 1. The molecule has 1 heterocycles. The van der Waals surface area contributed by atoms with Crippen molar-refractivity contribution in [3.63, 3.8) is 0 Å². The van der Waals surface area contributed by atoms with Gasteiger partial charge >= 0.3 is 0 Å². The second kappa shape index (κ2) is 4.60. The first-order valence-electron chi connectivity index (χ1n) is 5.70. The highest BCUT2D eigenvalue weighted by molar-refractivity contribution is 5.62. The van der Waals surface area contributed by atoms with Gasteiger partial charge in [-0.05, 0) is 26.7 Å². The summed E-state index contributed by atoms with van der Waals surface area (Å²) in [7, 11) is 1.85. The number of ether oxygens (including phenoxy) is 2. The Morgan fingerprint density at radius 3 is 2.75 bits per heavy atom. The molecule has 1 N–H and O–H groups in total. The second-order valence-corrected chi connectivity index (χ2v) is 4.22. The molecule has 16 heavy (non-hydrogen) atoms. The highest BCUT2D eigenvalue weighted by Gasteiger charge is 2.25. The maximum Gasteiger partial charge on any atom is 0.241 e. The lowest BCUT2D eigenvalue weighted by Crippen LogP contribution is -2.10. The zero-order valence-corrected chi connectivity index (χ0v) is 9.99. The minimum Gasteiger partial charge on any atom is -0.488 e. The molecule has 1 aliphatic rings. The van der Waals surface area contributed by atoms with Gasteiger partial charge in [-0.1, -0.05) is 0 Å². The fraction of sp³-hybridized carbons (Fsp3) is 0.583. The van der Waals surface area contributed by atoms with Crippen LogP contribution in [-0.2, 0) is 0 Å². The van der Waals surface area contributed by atoms with Crippen LogP contribution < -0.4 is 14.8 Å². The molecule has 0 radical (unpaired) electrons. The summed E-state index contributed by atoms with van der Waals surface area (Å²) in [5.74, 6) is 1.44. The predicted octanol–water partition coefficient (Wildman–Crippen LogP) is 2.45. The molecule has 0 amide bonds. The summed E-state index contributed by atoms with van der Waals surface area (Å²) in [6.45, 7) is 3.96. The molecule has 2 rings (SSSR count). The monoisotopic (exact) mass is 222 g/mol. The first kappa shape index (κ1) is 11.0. The summed E-state index contributed by atoms with van der Waals surface area (Å²) < 4.78 is 11.4. The van der Waals surface area contributed by atoms with Crippen molar-refractivity contribution in [2.24, 2.45) is 0 Å². The van der Waals surface area contributed by atoms with Crippen molar-refractivity contribution < 1.29 is 9.47 Å². The molecular formula is C12H18N2O2. The third kappa shape index (κ3) is 2.56. The Bertz CT molecular complexity index is 340. The van der Waals surface area contributed by atoms with E-state index >= 15 is 0 Å². The van der Waals surface area contributed by atoms with Crippen molar-refractivity contribution in [2.45, 2.75) is 38.9 Å². The third-order valence-electron chi connectivity index (χ3n) is 2.29. The topological polar surface area (TPSA) is 43.4 Å². The van der Waals surface area contributed by atoms with Gasteiger partial charge in [0.1, 0.15) is 11.4 Å². The van der Waals surface area contributed by atoms with Crippen LogP contribution in [0.3, 0.4) is 0 Å². The van der Waals surface area contributed by atoms with E-state index < -0.39 is 0 Å². The van der Waals surface area contributed by atoms with Gasteiger partial charge in [0.05, 0.1) is 12.2 Å². The molecule has 0 aromatic carbocycles. The minimum absolute atomic E-state index is 0.107. The summed E-state index contributed by atoms with van der Waals surface area (Å²) in [5, 5.41) is 3.09. The zero-order chi connectivity index (χ0) is 11.5. The van der Waals surface area contributed by atoms with Crippen LogP contribution in [0.15, 0.2) is 12.3 Å². The van der Waals surface area contributed by atoms with Crippen LogP contribution in [0.25, 0.3) is 0 Å². The SMILES string of the molecule is CNc1c(OC2CC2)ccnc1OC(C)C. The second-order valence-electron chi connectivity index (χ2n) is 4.22. The lowest BCUT2D eigenvalue weighted by Gasteiger charge is -2.16. The minimum atomic E-state index is 0.107. The van der Waals surface area contributed by atoms with Crippen molar-refractivity contribution >= 4 is 5.69 Å². The Kier molecular flexibility index (Phi) is 3.17. The van der Waals surface area contributed by atoms with Crippen molar-refractivity contribution in [2.75, 3.05) is 12.4 Å². The molecule has 1 saturated carbocycles. The smallest absolute Gasteiger partial charge is 0.241 e.